The van der Waals surface area contributed by atoms with E-state index in [1.165, 1.54) is 21.9 Å². The van der Waals surface area contributed by atoms with Crippen molar-refractivity contribution in [1.29, 1.82) is 0 Å². The summed E-state index contributed by atoms with van der Waals surface area (Å²) in [5.74, 6) is 0.744. The molecule has 0 unspecified atom stereocenters. The van der Waals surface area contributed by atoms with E-state index in [2.05, 4.69) is 16.1 Å². The fourth-order valence-electron chi connectivity index (χ4n) is 5.76. The maximum Gasteiger partial charge on any atom is 0.673 e. The second-order valence-electron chi connectivity index (χ2n) is 11.9. The number of methoxy groups -OCH3 is 1. The molecule has 0 saturated carbocycles. The lowest BCUT2D eigenvalue weighted by molar-refractivity contribution is -0.846. The van der Waals surface area contributed by atoms with Crippen molar-refractivity contribution in [2.45, 2.75) is 0 Å². The number of nitro benzene ring substituents is 1. The molecule has 3 heterocycles. The summed E-state index contributed by atoms with van der Waals surface area (Å²) in [5.41, 5.74) is 5.59. The van der Waals surface area contributed by atoms with E-state index >= 15 is 0 Å². The van der Waals surface area contributed by atoms with Gasteiger partial charge in [0.2, 0.25) is 5.69 Å². The van der Waals surface area contributed by atoms with E-state index in [0.29, 0.717) is 51.0 Å². The van der Waals surface area contributed by atoms with Crippen LogP contribution in [-0.4, -0.2) is 105 Å². The summed E-state index contributed by atoms with van der Waals surface area (Å²) in [6.45, 7) is 8.21. The number of hydrogen-bond donors (Lipinski definition) is 2. The topological polar surface area (TPSA) is 142 Å². The smallest absolute Gasteiger partial charge is 0.497 e. The molecule has 3 saturated heterocycles. The van der Waals surface area contributed by atoms with Gasteiger partial charge in [0.1, 0.15) is 31.9 Å². The Bertz CT molecular complexity index is 1720. The Morgan fingerprint density at radius 1 is 0.673 bits per heavy atom. The van der Waals surface area contributed by atoms with Crippen molar-refractivity contribution in [2.24, 2.45) is 20.5 Å². The number of nitrogens with one attached hydrogen (secondary N) is 2. The van der Waals surface area contributed by atoms with Gasteiger partial charge in [-0.2, -0.15) is 10.2 Å². The normalized spacial score (nSPS) is 17.4. The lowest BCUT2D eigenvalue weighted by Gasteiger charge is -2.33. The quantitative estimate of drug-likeness (QED) is 0.0896. The average Bonchev–Trinajstić information content (AvgIpc) is 3.16. The van der Waals surface area contributed by atoms with Crippen LogP contribution in [0.2, 0.25) is 0 Å². The average molecular weight is 792 g/mol. The van der Waals surface area contributed by atoms with Crippen molar-refractivity contribution < 1.29 is 68.2 Å². The maximum absolute atomic E-state index is 11.2. The minimum atomic E-state index is -6.00. The first-order valence-corrected chi connectivity index (χ1v) is 17.0. The van der Waals surface area contributed by atoms with Gasteiger partial charge in [0, 0.05) is 31.3 Å². The molecule has 3 aliphatic rings. The van der Waals surface area contributed by atoms with Crippen molar-refractivity contribution >= 4 is 60.0 Å². The maximum atomic E-state index is 11.2. The molecule has 300 valence electrons. The number of nitrogens with zero attached hydrogens (tertiary/aromatic N) is 6. The van der Waals surface area contributed by atoms with Crippen LogP contribution in [0.3, 0.4) is 0 Å². The lowest BCUT2D eigenvalue weighted by Crippen LogP contribution is -3.11. The number of nitro groups is 1. The van der Waals surface area contributed by atoms with Gasteiger partial charge < -0.3 is 58.4 Å². The molecule has 0 atom stereocenters. The number of anilines is 1. The van der Waals surface area contributed by atoms with Crippen molar-refractivity contribution in [3.05, 3.63) is 64.7 Å². The van der Waals surface area contributed by atoms with Crippen LogP contribution in [0.4, 0.5) is 80.0 Å². The molecular weight excluding hydrogens is 754 g/mol. The lowest BCUT2D eigenvalue weighted by atomic mass is 10.1. The second-order valence-corrected chi connectivity index (χ2v) is 11.9. The zero-order valence-electron chi connectivity index (χ0n) is 29.5. The van der Waals surface area contributed by atoms with Gasteiger partial charge in [0.15, 0.2) is 17.1 Å². The summed E-state index contributed by atoms with van der Waals surface area (Å²) >= 11 is 0. The molecule has 14 nitrogen and oxygen atoms in total. The summed E-state index contributed by atoms with van der Waals surface area (Å²) in [6, 6.07) is 15.7. The molecule has 3 aromatic rings. The van der Waals surface area contributed by atoms with Crippen molar-refractivity contribution in [3.8, 4) is 5.75 Å². The third-order valence-corrected chi connectivity index (χ3v) is 8.20. The number of morpholine rings is 3. The molecule has 55 heavy (non-hydrogen) atoms. The standard InChI is InChI=1S/C31H36N8O6.2BF4/c1-42-26-8-4-24(5-9-26)33-35-30-28(37-12-18-44-19-13-37)22-27(36-10-16-43-17-11-36)29(31(30)38-14-20-45-21-15-38)34-32-23-2-6-25(7-3-23)39(40)41;2*2-1(3,4)5/h2-9,22H,10-21H2,1H3;;/q;2*-1/p+2. The minimum absolute atomic E-state index is 0.00180. The van der Waals surface area contributed by atoms with E-state index in [-0.39, 0.29) is 5.69 Å². The Balaban J connectivity index is 0.000000599. The molecule has 0 aromatic heterocycles. The highest BCUT2D eigenvalue weighted by Crippen LogP contribution is 2.46. The van der Waals surface area contributed by atoms with Gasteiger partial charge in [0.05, 0.1) is 68.7 Å². The van der Waals surface area contributed by atoms with Crippen LogP contribution < -0.4 is 19.4 Å². The van der Waals surface area contributed by atoms with Crippen LogP contribution in [0, 0.1) is 10.1 Å². The molecule has 2 N–H and O–H groups in total. The fraction of sp³-hybridized carbons (Fsp3) is 0.419. The van der Waals surface area contributed by atoms with Crippen LogP contribution >= 0.6 is 0 Å². The zero-order valence-corrected chi connectivity index (χ0v) is 29.5. The first kappa shape index (κ1) is 43.0. The number of non-ortho nitro benzene ring substituents is 1. The van der Waals surface area contributed by atoms with Gasteiger partial charge in [-0.25, -0.2) is 0 Å². The molecule has 24 heteroatoms. The predicted molar refractivity (Wildman–Crippen MR) is 187 cm³/mol. The Morgan fingerprint density at radius 2 is 1.11 bits per heavy atom. The molecule has 0 amide bonds. The molecule has 0 aliphatic carbocycles. The van der Waals surface area contributed by atoms with Gasteiger partial charge >= 0.3 is 14.5 Å². The number of azo groups is 2. The Labute approximate surface area is 310 Å². The summed E-state index contributed by atoms with van der Waals surface area (Å²) in [7, 11) is -10.4. The van der Waals surface area contributed by atoms with Crippen molar-refractivity contribution in [1.82, 2.24) is 0 Å². The highest BCUT2D eigenvalue weighted by Gasteiger charge is 2.35. The minimum Gasteiger partial charge on any atom is -0.497 e. The fourth-order valence-corrected chi connectivity index (χ4v) is 5.76. The van der Waals surface area contributed by atoms with Gasteiger partial charge in [-0.3, -0.25) is 19.9 Å². The monoisotopic (exact) mass is 792 g/mol. The van der Waals surface area contributed by atoms with Crippen molar-refractivity contribution in [2.75, 3.05) is 90.9 Å². The first-order valence-electron chi connectivity index (χ1n) is 17.0. The highest BCUT2D eigenvalue weighted by molar-refractivity contribution is 6.50. The Kier molecular flexibility index (Phi) is 15.8. The second kappa shape index (κ2) is 20.2. The van der Waals surface area contributed by atoms with Gasteiger partial charge in [0.25, 0.3) is 5.69 Å². The third kappa shape index (κ3) is 14.4. The number of quaternary nitrogens is 2. The number of ether oxygens (including phenoxy) is 4. The number of halogens is 8. The highest BCUT2D eigenvalue weighted by atomic mass is 19.5. The molecule has 3 fully saturated rings. The van der Waals surface area contributed by atoms with Crippen LogP contribution in [0.25, 0.3) is 0 Å². The van der Waals surface area contributed by atoms with Crippen LogP contribution in [-0.2, 0) is 14.2 Å². The molecule has 0 radical (unpaired) electrons. The van der Waals surface area contributed by atoms with E-state index in [1.54, 1.807) is 19.2 Å². The Morgan fingerprint density at radius 3 is 1.58 bits per heavy atom. The number of hydrogen-bond acceptors (Lipinski definition) is 11. The first-order chi connectivity index (χ1) is 26.1. The summed E-state index contributed by atoms with van der Waals surface area (Å²) < 4.78 is 101. The number of rotatable bonds is 9. The van der Waals surface area contributed by atoms with Crippen molar-refractivity contribution in [3.63, 3.8) is 0 Å². The van der Waals surface area contributed by atoms with Crippen LogP contribution in [0.1, 0.15) is 0 Å². The van der Waals surface area contributed by atoms with Gasteiger partial charge in [-0.15, -0.1) is 10.2 Å². The third-order valence-electron chi connectivity index (χ3n) is 8.20. The van der Waals surface area contributed by atoms with Crippen LogP contribution in [0.5, 0.6) is 5.75 Å². The zero-order chi connectivity index (χ0) is 40.0. The largest absolute Gasteiger partial charge is 0.673 e. The molecule has 3 aromatic carbocycles. The molecule has 0 bridgehead atoms. The molecule has 3 aliphatic heterocycles. The van der Waals surface area contributed by atoms with E-state index in [1.807, 2.05) is 24.3 Å². The van der Waals surface area contributed by atoms with Gasteiger partial charge in [-0.1, -0.05) is 0 Å². The van der Waals surface area contributed by atoms with Gasteiger partial charge in [-0.05, 0) is 36.4 Å². The summed E-state index contributed by atoms with van der Waals surface area (Å²) in [4.78, 5) is 15.5. The van der Waals surface area contributed by atoms with E-state index in [4.69, 9.17) is 34.3 Å². The van der Waals surface area contributed by atoms with Crippen LogP contribution in [0.15, 0.2) is 75.1 Å². The molecular formula is C31H38B2F8N8O6. The summed E-state index contributed by atoms with van der Waals surface area (Å²) in [5, 5.41) is 30.4. The van der Waals surface area contributed by atoms with E-state index in [0.717, 1.165) is 73.5 Å². The van der Waals surface area contributed by atoms with E-state index in [9.17, 15) is 44.6 Å². The Hall–Kier alpha value is -4.77. The molecule has 0 spiro atoms. The SMILES string of the molecule is COc1ccc(N=Nc2c(N3CCOCC3)cc([NH+]3CCOCC3)c(N=Nc3ccc([N+](=O)[O-])cc3)c2[NH+]2CCOCC2)cc1.F[B-](F)(F)F.F[B-](F)(F)F. The predicted octanol–water partition coefficient (Wildman–Crippen LogP) is 5.96. The summed E-state index contributed by atoms with van der Waals surface area (Å²) in [6.07, 6.45) is 0. The number of benzene rings is 3. The molecule has 6 rings (SSSR count). The van der Waals surface area contributed by atoms with E-state index < -0.39 is 19.4 Å².